The molecule has 0 radical (unpaired) electrons. The van der Waals surface area contributed by atoms with Crippen LogP contribution in [0, 0.1) is 5.41 Å². The predicted octanol–water partition coefficient (Wildman–Crippen LogP) is 5.97. The van der Waals surface area contributed by atoms with Gasteiger partial charge in [0.2, 0.25) is 5.78 Å². The van der Waals surface area contributed by atoms with E-state index in [1.807, 2.05) is 23.6 Å². The van der Waals surface area contributed by atoms with Gasteiger partial charge in [-0.05, 0) is 50.8 Å². The summed E-state index contributed by atoms with van der Waals surface area (Å²) >= 11 is 6.84. The van der Waals surface area contributed by atoms with Crippen molar-refractivity contribution < 1.29 is 23.5 Å². The summed E-state index contributed by atoms with van der Waals surface area (Å²) in [6.45, 7) is 14.2. The van der Waals surface area contributed by atoms with E-state index in [1.165, 1.54) is 7.11 Å². The van der Waals surface area contributed by atoms with Crippen LogP contribution < -0.4 is 10.2 Å². The number of piperazine rings is 1. The number of imidazole rings is 1. The summed E-state index contributed by atoms with van der Waals surface area (Å²) in [7, 11) is 0.0601. The molecule has 1 unspecified atom stereocenters. The summed E-state index contributed by atoms with van der Waals surface area (Å²) in [5.74, 6) is 0.365. The Balaban J connectivity index is 1.64. The molecular formula is C30H47ClFN5O4Si. The van der Waals surface area contributed by atoms with Crippen molar-refractivity contribution in [2.75, 3.05) is 51.5 Å². The Morgan fingerprint density at radius 1 is 1.21 bits per heavy atom. The number of aromatic nitrogens is 2. The van der Waals surface area contributed by atoms with Gasteiger partial charge < -0.3 is 19.7 Å². The van der Waals surface area contributed by atoms with E-state index in [0.29, 0.717) is 55.2 Å². The molecule has 2 fully saturated rings. The van der Waals surface area contributed by atoms with Gasteiger partial charge in [0.1, 0.15) is 13.4 Å². The smallest absolute Gasteiger partial charge is 0.407 e. The second kappa shape index (κ2) is 13.6. The van der Waals surface area contributed by atoms with Crippen LogP contribution in [0.5, 0.6) is 0 Å². The Bertz CT molecular complexity index is 1260. The van der Waals surface area contributed by atoms with Gasteiger partial charge in [0.25, 0.3) is 0 Å². The summed E-state index contributed by atoms with van der Waals surface area (Å²) in [6.07, 6.45) is 2.19. The molecule has 2 aromatic rings. The molecule has 1 aliphatic heterocycles. The van der Waals surface area contributed by atoms with E-state index in [-0.39, 0.29) is 31.3 Å². The van der Waals surface area contributed by atoms with Crippen molar-refractivity contribution in [3.05, 3.63) is 23.0 Å². The number of benzene rings is 1. The van der Waals surface area contributed by atoms with Crippen molar-refractivity contribution in [2.24, 2.45) is 5.41 Å². The second-order valence-electron chi connectivity index (χ2n) is 13.3. The zero-order chi connectivity index (χ0) is 30.7. The second-order valence-corrected chi connectivity index (χ2v) is 19.4. The van der Waals surface area contributed by atoms with Gasteiger partial charge in [0, 0.05) is 58.4 Å². The molecule has 12 heteroatoms. The normalized spacial score (nSPS) is 23.8. The van der Waals surface area contributed by atoms with Crippen LogP contribution in [0.25, 0.3) is 11.0 Å². The number of amides is 1. The lowest BCUT2D eigenvalue weighted by Gasteiger charge is -2.41. The highest BCUT2D eigenvalue weighted by atomic mass is 35.5. The standard InChI is InChI=1S/C30H47ClFN5O4Si/c1-21-19-35(12-11-32)13-14-36(21)25-18-26-24(17-23(25)31)34-28(37(26)20-41-15-16-42(4,5)6)27(38)30(2)9-7-22(8-10-30)33-29(39)40-3/h17-18,21-22H,7-16,19-20H2,1-6H3,(H,33,39). The Hall–Kier alpha value is -2.21. The number of halogens is 2. The van der Waals surface area contributed by atoms with Crippen molar-refractivity contribution in [3.8, 4) is 0 Å². The van der Waals surface area contributed by atoms with Crippen molar-refractivity contribution in [2.45, 2.75) is 84.0 Å². The number of alkyl halides is 1. The molecule has 2 aliphatic rings. The fraction of sp³-hybridized carbons (Fsp3) is 0.700. The van der Waals surface area contributed by atoms with E-state index in [9.17, 15) is 14.0 Å². The molecule has 1 saturated heterocycles. The Morgan fingerprint density at radius 3 is 2.55 bits per heavy atom. The van der Waals surface area contributed by atoms with Gasteiger partial charge in [0.05, 0.1) is 28.9 Å². The number of alkyl carbamates (subject to hydrolysis) is 1. The van der Waals surface area contributed by atoms with Crippen molar-refractivity contribution in [1.82, 2.24) is 19.8 Å². The van der Waals surface area contributed by atoms with Crippen LogP contribution in [0.15, 0.2) is 12.1 Å². The lowest BCUT2D eigenvalue weighted by atomic mass is 9.71. The lowest BCUT2D eigenvalue weighted by Crippen LogP contribution is -2.52. The topological polar surface area (TPSA) is 88.9 Å². The van der Waals surface area contributed by atoms with E-state index in [0.717, 1.165) is 36.9 Å². The molecule has 234 valence electrons. The molecule has 0 bridgehead atoms. The van der Waals surface area contributed by atoms with Crippen LogP contribution in [0.4, 0.5) is 14.9 Å². The van der Waals surface area contributed by atoms with Crippen LogP contribution in [0.3, 0.4) is 0 Å². The van der Waals surface area contributed by atoms with Gasteiger partial charge in [-0.1, -0.05) is 38.2 Å². The first-order valence-electron chi connectivity index (χ1n) is 15.1. The molecule has 1 atom stereocenters. The largest absolute Gasteiger partial charge is 0.453 e. The quantitative estimate of drug-likeness (QED) is 0.187. The molecule has 1 amide bonds. The number of nitrogens with zero attached hydrogens (tertiary/aromatic N) is 4. The monoisotopic (exact) mass is 623 g/mol. The minimum absolute atomic E-state index is 0.0178. The summed E-state index contributed by atoms with van der Waals surface area (Å²) in [6, 6.07) is 5.04. The molecule has 1 aromatic carbocycles. The number of nitrogens with one attached hydrogen (secondary N) is 1. The number of carbonyl (C=O) groups excluding carboxylic acids is 2. The number of hydrogen-bond acceptors (Lipinski definition) is 7. The first-order valence-corrected chi connectivity index (χ1v) is 19.2. The zero-order valence-corrected chi connectivity index (χ0v) is 27.7. The molecule has 1 aromatic heterocycles. The number of methoxy groups -OCH3 is 1. The lowest BCUT2D eigenvalue weighted by molar-refractivity contribution is 0.0651. The third-order valence-corrected chi connectivity index (χ3v) is 10.8. The number of Topliss-reactive ketones (excluding diaryl/α,β-unsaturated/α-hetero) is 1. The number of ether oxygens (including phenoxy) is 2. The van der Waals surface area contributed by atoms with Crippen molar-refractivity contribution in [1.29, 1.82) is 0 Å². The molecule has 1 saturated carbocycles. The minimum atomic E-state index is -1.29. The molecule has 0 spiro atoms. The van der Waals surface area contributed by atoms with Gasteiger partial charge >= 0.3 is 6.09 Å². The number of ketones is 1. The number of rotatable bonds is 11. The first kappa shape index (κ1) is 32.7. The fourth-order valence-corrected chi connectivity index (χ4v) is 7.05. The number of carbonyl (C=O) groups is 2. The van der Waals surface area contributed by atoms with Crippen LogP contribution in [0.2, 0.25) is 30.7 Å². The summed E-state index contributed by atoms with van der Waals surface area (Å²) in [5.41, 5.74) is 1.75. The molecule has 1 aliphatic carbocycles. The van der Waals surface area contributed by atoms with Gasteiger partial charge in [-0.3, -0.25) is 14.3 Å². The molecular weight excluding hydrogens is 577 g/mol. The van der Waals surface area contributed by atoms with Gasteiger partial charge in [-0.15, -0.1) is 0 Å². The first-order chi connectivity index (χ1) is 19.8. The van der Waals surface area contributed by atoms with E-state index in [4.69, 9.17) is 26.1 Å². The fourth-order valence-electron chi connectivity index (χ4n) is 6.03. The average Bonchev–Trinajstić information content (AvgIpc) is 3.28. The van der Waals surface area contributed by atoms with Crippen molar-refractivity contribution >= 4 is 48.3 Å². The minimum Gasteiger partial charge on any atom is -0.453 e. The number of fused-ring (bicyclic) bond motifs is 1. The summed E-state index contributed by atoms with van der Waals surface area (Å²) in [5, 5.41) is 3.45. The maximum Gasteiger partial charge on any atom is 0.407 e. The molecule has 4 rings (SSSR count). The SMILES string of the molecule is COC(=O)NC1CCC(C)(C(=O)c2nc3cc(Cl)c(N4CCN(CCF)CC4C)cc3n2COCC[Si](C)(C)C)CC1. The van der Waals surface area contributed by atoms with Gasteiger partial charge in [-0.25, -0.2) is 14.2 Å². The number of anilines is 1. The maximum atomic E-state index is 14.2. The highest BCUT2D eigenvalue weighted by Crippen LogP contribution is 2.40. The zero-order valence-electron chi connectivity index (χ0n) is 26.0. The van der Waals surface area contributed by atoms with Crippen LogP contribution >= 0.6 is 11.6 Å². The molecule has 42 heavy (non-hydrogen) atoms. The van der Waals surface area contributed by atoms with Gasteiger partial charge in [0.15, 0.2) is 5.82 Å². The molecule has 1 N–H and O–H groups in total. The molecule has 9 nitrogen and oxygen atoms in total. The van der Waals surface area contributed by atoms with Crippen molar-refractivity contribution in [3.63, 3.8) is 0 Å². The Morgan fingerprint density at radius 2 is 1.93 bits per heavy atom. The van der Waals surface area contributed by atoms with Crippen LogP contribution in [-0.4, -0.2) is 93.1 Å². The van der Waals surface area contributed by atoms with E-state index in [1.54, 1.807) is 0 Å². The van der Waals surface area contributed by atoms with Gasteiger partial charge in [-0.2, -0.15) is 0 Å². The van der Waals surface area contributed by atoms with Crippen LogP contribution in [-0.2, 0) is 16.2 Å². The summed E-state index contributed by atoms with van der Waals surface area (Å²) in [4.78, 5) is 35.1. The van der Waals surface area contributed by atoms with E-state index < -0.39 is 19.6 Å². The number of hydrogen-bond donors (Lipinski definition) is 1. The predicted molar refractivity (Wildman–Crippen MR) is 168 cm³/mol. The molecule has 2 heterocycles. The maximum absolute atomic E-state index is 14.2. The third kappa shape index (κ3) is 7.64. The summed E-state index contributed by atoms with van der Waals surface area (Å²) < 4.78 is 25.8. The van der Waals surface area contributed by atoms with E-state index >= 15 is 0 Å². The Labute approximate surface area is 255 Å². The van der Waals surface area contributed by atoms with E-state index in [2.05, 4.69) is 41.7 Å². The average molecular weight is 624 g/mol. The Kier molecular flexibility index (Phi) is 10.6. The third-order valence-electron chi connectivity index (χ3n) is 8.80. The highest BCUT2D eigenvalue weighted by molar-refractivity contribution is 6.76. The highest BCUT2D eigenvalue weighted by Gasteiger charge is 2.41. The van der Waals surface area contributed by atoms with Crippen LogP contribution in [0.1, 0.15) is 50.1 Å².